The van der Waals surface area contributed by atoms with Crippen molar-refractivity contribution in [2.45, 2.75) is 31.3 Å². The summed E-state index contributed by atoms with van der Waals surface area (Å²) in [6, 6.07) is 5.79. The van der Waals surface area contributed by atoms with Gasteiger partial charge in [-0.05, 0) is 39.0 Å². The van der Waals surface area contributed by atoms with Gasteiger partial charge in [0.1, 0.15) is 5.60 Å². The fraction of sp³-hybridized carbons (Fsp3) is 0.333. The standard InChI is InChI=1S/C15H17BrN2O2S/c1-15(2,3)20-13(19)8-21-14-10-6-9(16)4-5-12(10)18-7-11(14)17/h4-7H,8,17H2,1-3H3. The van der Waals surface area contributed by atoms with E-state index in [0.29, 0.717) is 5.69 Å². The molecule has 1 heterocycles. The molecule has 112 valence electrons. The Balaban J connectivity index is 2.24. The molecule has 6 heteroatoms. The number of nitrogens with zero attached hydrogens (tertiary/aromatic N) is 1. The number of ether oxygens (including phenoxy) is 1. The van der Waals surface area contributed by atoms with E-state index < -0.39 is 5.60 Å². The number of hydrogen-bond donors (Lipinski definition) is 1. The van der Waals surface area contributed by atoms with Crippen LogP contribution in [0.4, 0.5) is 5.69 Å². The van der Waals surface area contributed by atoms with E-state index >= 15 is 0 Å². The first-order valence-corrected chi connectivity index (χ1v) is 8.22. The Kier molecular flexibility index (Phi) is 4.78. The van der Waals surface area contributed by atoms with Crippen LogP contribution in [0.15, 0.2) is 33.8 Å². The molecule has 1 aromatic carbocycles. The molecule has 0 bridgehead atoms. The van der Waals surface area contributed by atoms with Gasteiger partial charge in [0.2, 0.25) is 0 Å². The number of aromatic nitrogens is 1. The minimum absolute atomic E-state index is 0.215. The molecule has 2 aromatic rings. The van der Waals surface area contributed by atoms with Crippen molar-refractivity contribution in [3.8, 4) is 0 Å². The van der Waals surface area contributed by atoms with Crippen molar-refractivity contribution in [2.24, 2.45) is 0 Å². The first kappa shape index (κ1) is 16.1. The monoisotopic (exact) mass is 368 g/mol. The molecule has 2 rings (SSSR count). The van der Waals surface area contributed by atoms with E-state index in [0.717, 1.165) is 20.3 Å². The van der Waals surface area contributed by atoms with Crippen LogP contribution in [-0.4, -0.2) is 22.3 Å². The third-order valence-corrected chi connectivity index (χ3v) is 4.18. The van der Waals surface area contributed by atoms with Crippen LogP contribution in [-0.2, 0) is 9.53 Å². The maximum Gasteiger partial charge on any atom is 0.316 e. The summed E-state index contributed by atoms with van der Waals surface area (Å²) in [5.74, 6) is -0.0422. The minimum atomic E-state index is -0.480. The molecule has 21 heavy (non-hydrogen) atoms. The van der Waals surface area contributed by atoms with E-state index in [1.54, 1.807) is 6.20 Å². The second-order valence-electron chi connectivity index (χ2n) is 5.58. The molecule has 0 saturated carbocycles. The van der Waals surface area contributed by atoms with Gasteiger partial charge in [-0.15, -0.1) is 11.8 Å². The molecule has 0 fully saturated rings. The van der Waals surface area contributed by atoms with E-state index in [2.05, 4.69) is 20.9 Å². The Morgan fingerprint density at radius 2 is 2.14 bits per heavy atom. The highest BCUT2D eigenvalue weighted by Crippen LogP contribution is 2.33. The molecule has 0 radical (unpaired) electrons. The van der Waals surface area contributed by atoms with E-state index in [9.17, 15) is 4.79 Å². The molecule has 4 nitrogen and oxygen atoms in total. The van der Waals surface area contributed by atoms with E-state index in [-0.39, 0.29) is 11.7 Å². The zero-order valence-electron chi connectivity index (χ0n) is 12.1. The summed E-state index contributed by atoms with van der Waals surface area (Å²) in [6.45, 7) is 5.55. The number of nitrogen functional groups attached to an aromatic ring is 1. The predicted octanol–water partition coefficient (Wildman–Crippen LogP) is 4.01. The lowest BCUT2D eigenvalue weighted by Gasteiger charge is -2.19. The quantitative estimate of drug-likeness (QED) is 0.654. The lowest BCUT2D eigenvalue weighted by atomic mass is 10.2. The Labute approximate surface area is 136 Å². The van der Waals surface area contributed by atoms with Crippen molar-refractivity contribution < 1.29 is 9.53 Å². The number of fused-ring (bicyclic) bond motifs is 1. The lowest BCUT2D eigenvalue weighted by molar-refractivity contribution is -0.151. The van der Waals surface area contributed by atoms with Gasteiger partial charge in [0.15, 0.2) is 0 Å². The predicted molar refractivity (Wildman–Crippen MR) is 90.4 cm³/mol. The number of anilines is 1. The van der Waals surface area contributed by atoms with Crippen LogP contribution in [0.25, 0.3) is 10.9 Å². The molecule has 0 aliphatic heterocycles. The number of esters is 1. The number of thioether (sulfide) groups is 1. The average Bonchev–Trinajstić information content (AvgIpc) is 2.35. The molecule has 0 aliphatic carbocycles. The van der Waals surface area contributed by atoms with Crippen LogP contribution in [0.1, 0.15) is 20.8 Å². The third-order valence-electron chi connectivity index (χ3n) is 2.56. The molecule has 0 unspecified atom stereocenters. The van der Waals surface area contributed by atoms with Gasteiger partial charge in [0.05, 0.1) is 23.2 Å². The first-order chi connectivity index (χ1) is 9.76. The molecule has 0 saturated heterocycles. The lowest BCUT2D eigenvalue weighted by Crippen LogP contribution is -2.24. The summed E-state index contributed by atoms with van der Waals surface area (Å²) in [4.78, 5) is 17.0. The summed E-state index contributed by atoms with van der Waals surface area (Å²) in [5, 5.41) is 0.929. The average molecular weight is 369 g/mol. The van der Waals surface area contributed by atoms with Crippen LogP contribution < -0.4 is 5.73 Å². The molecule has 0 atom stereocenters. The highest BCUT2D eigenvalue weighted by molar-refractivity contribution is 9.10. The number of pyridine rings is 1. The normalized spacial score (nSPS) is 11.6. The van der Waals surface area contributed by atoms with Crippen molar-refractivity contribution in [3.63, 3.8) is 0 Å². The number of rotatable bonds is 3. The molecule has 0 spiro atoms. The van der Waals surface area contributed by atoms with Gasteiger partial charge in [-0.3, -0.25) is 9.78 Å². The summed E-state index contributed by atoms with van der Waals surface area (Å²) < 4.78 is 6.26. The second-order valence-corrected chi connectivity index (χ2v) is 7.48. The van der Waals surface area contributed by atoms with Gasteiger partial charge in [0.25, 0.3) is 0 Å². The van der Waals surface area contributed by atoms with Gasteiger partial charge < -0.3 is 10.5 Å². The Bertz CT molecular complexity index is 678. The number of hydrogen-bond acceptors (Lipinski definition) is 5. The van der Waals surface area contributed by atoms with Crippen molar-refractivity contribution in [1.29, 1.82) is 0 Å². The Hall–Kier alpha value is -1.27. The minimum Gasteiger partial charge on any atom is -0.459 e. The Morgan fingerprint density at radius 3 is 2.81 bits per heavy atom. The number of nitrogens with two attached hydrogens (primary N) is 1. The van der Waals surface area contributed by atoms with Gasteiger partial charge in [-0.2, -0.15) is 0 Å². The summed E-state index contributed by atoms with van der Waals surface area (Å²) in [5.41, 5.74) is 6.93. The maximum atomic E-state index is 11.8. The molecule has 1 aromatic heterocycles. The molecular weight excluding hydrogens is 352 g/mol. The zero-order chi connectivity index (χ0) is 15.6. The topological polar surface area (TPSA) is 65.2 Å². The maximum absolute atomic E-state index is 11.8. The number of benzene rings is 1. The van der Waals surface area contributed by atoms with Crippen LogP contribution >= 0.6 is 27.7 Å². The summed E-state index contributed by atoms with van der Waals surface area (Å²) in [6.07, 6.45) is 1.62. The van der Waals surface area contributed by atoms with Crippen LogP contribution in [0.5, 0.6) is 0 Å². The highest BCUT2D eigenvalue weighted by atomic mass is 79.9. The molecular formula is C15H17BrN2O2S. The fourth-order valence-corrected chi connectivity index (χ4v) is 3.04. The van der Waals surface area contributed by atoms with Crippen LogP contribution in [0.2, 0.25) is 0 Å². The Morgan fingerprint density at radius 1 is 1.43 bits per heavy atom. The van der Waals surface area contributed by atoms with Crippen molar-refractivity contribution in [2.75, 3.05) is 11.5 Å². The number of carbonyl (C=O) groups excluding carboxylic acids is 1. The molecule has 2 N–H and O–H groups in total. The smallest absolute Gasteiger partial charge is 0.316 e. The van der Waals surface area contributed by atoms with Gasteiger partial charge in [-0.25, -0.2) is 0 Å². The summed E-state index contributed by atoms with van der Waals surface area (Å²) in [7, 11) is 0. The number of halogens is 1. The highest BCUT2D eigenvalue weighted by Gasteiger charge is 2.17. The fourth-order valence-electron chi connectivity index (χ4n) is 1.82. The van der Waals surface area contributed by atoms with Crippen molar-refractivity contribution in [1.82, 2.24) is 4.98 Å². The van der Waals surface area contributed by atoms with Crippen LogP contribution in [0, 0.1) is 0 Å². The van der Waals surface area contributed by atoms with Gasteiger partial charge in [0, 0.05) is 14.8 Å². The largest absolute Gasteiger partial charge is 0.459 e. The third kappa shape index (κ3) is 4.35. The number of carbonyl (C=O) groups is 1. The molecule has 0 aliphatic rings. The molecule has 0 amide bonds. The first-order valence-electron chi connectivity index (χ1n) is 6.44. The van der Waals surface area contributed by atoms with E-state index in [4.69, 9.17) is 10.5 Å². The van der Waals surface area contributed by atoms with Gasteiger partial charge >= 0.3 is 5.97 Å². The summed E-state index contributed by atoms with van der Waals surface area (Å²) >= 11 is 4.82. The van der Waals surface area contributed by atoms with E-state index in [1.807, 2.05) is 39.0 Å². The van der Waals surface area contributed by atoms with Crippen molar-refractivity contribution >= 4 is 50.3 Å². The van der Waals surface area contributed by atoms with Crippen LogP contribution in [0.3, 0.4) is 0 Å². The zero-order valence-corrected chi connectivity index (χ0v) is 14.5. The van der Waals surface area contributed by atoms with E-state index in [1.165, 1.54) is 11.8 Å². The van der Waals surface area contributed by atoms with Gasteiger partial charge in [-0.1, -0.05) is 15.9 Å². The second kappa shape index (κ2) is 6.23. The SMILES string of the molecule is CC(C)(C)OC(=O)CSc1c(N)cnc2ccc(Br)cc12. The van der Waals surface area contributed by atoms with Crippen molar-refractivity contribution in [3.05, 3.63) is 28.9 Å².